The molecule has 0 amide bonds. The molecule has 0 aliphatic heterocycles. The van der Waals surface area contributed by atoms with Gasteiger partial charge in [-0.15, -0.1) is 11.3 Å². The van der Waals surface area contributed by atoms with Gasteiger partial charge in [0.05, 0.1) is 9.98 Å². The minimum absolute atomic E-state index is 1.07. The molecule has 0 saturated heterocycles. The molecule has 0 atom stereocenters. The van der Waals surface area contributed by atoms with Gasteiger partial charge in [-0.25, -0.2) is 4.98 Å². The number of aromatic nitrogens is 1. The summed E-state index contributed by atoms with van der Waals surface area (Å²) in [6, 6.07) is 6.44. The van der Waals surface area contributed by atoms with Gasteiger partial charge in [0.25, 0.3) is 0 Å². The van der Waals surface area contributed by atoms with Crippen LogP contribution in [0, 0.1) is 13.8 Å². The maximum absolute atomic E-state index is 4.33. The van der Waals surface area contributed by atoms with Gasteiger partial charge in [-0.05, 0) is 47.0 Å². The molecule has 2 aromatic rings. The minimum atomic E-state index is 1.07. The van der Waals surface area contributed by atoms with Gasteiger partial charge in [0.1, 0.15) is 5.01 Å². The van der Waals surface area contributed by atoms with Crippen molar-refractivity contribution in [3.63, 3.8) is 0 Å². The van der Waals surface area contributed by atoms with Crippen LogP contribution in [-0.2, 0) is 0 Å². The first kappa shape index (κ1) is 9.87. The topological polar surface area (TPSA) is 12.9 Å². The lowest BCUT2D eigenvalue weighted by atomic mass is 10.1. The third-order valence-electron chi connectivity index (χ3n) is 2.23. The molecule has 0 aliphatic carbocycles. The van der Waals surface area contributed by atoms with Crippen molar-refractivity contribution in [3.8, 4) is 10.6 Å². The van der Waals surface area contributed by atoms with E-state index in [0.29, 0.717) is 0 Å². The second kappa shape index (κ2) is 3.83. The fraction of sp³-hybridized carbons (Fsp3) is 0.182. The molecule has 1 aromatic carbocycles. The van der Waals surface area contributed by atoms with Gasteiger partial charge >= 0.3 is 0 Å². The van der Waals surface area contributed by atoms with Crippen LogP contribution in [0.5, 0.6) is 0 Å². The molecule has 0 spiro atoms. The van der Waals surface area contributed by atoms with Crippen molar-refractivity contribution in [3.05, 3.63) is 39.3 Å². The first-order valence-corrected chi connectivity index (χ1v) is 5.97. The zero-order valence-corrected chi connectivity index (χ0v) is 10.4. The molecule has 2 rings (SSSR count). The monoisotopic (exact) mass is 267 g/mol. The van der Waals surface area contributed by atoms with E-state index >= 15 is 0 Å². The third kappa shape index (κ3) is 1.88. The Bertz CT molecular complexity index is 462. The van der Waals surface area contributed by atoms with E-state index in [1.54, 1.807) is 11.3 Å². The van der Waals surface area contributed by atoms with Gasteiger partial charge < -0.3 is 0 Å². The molecule has 72 valence electrons. The Kier molecular flexibility index (Phi) is 2.70. The number of benzene rings is 1. The summed E-state index contributed by atoms with van der Waals surface area (Å²) in [5.74, 6) is 0. The quantitative estimate of drug-likeness (QED) is 0.755. The van der Waals surface area contributed by atoms with Crippen LogP contribution in [0.15, 0.2) is 28.2 Å². The maximum atomic E-state index is 4.33. The van der Waals surface area contributed by atoms with Crippen LogP contribution in [0.1, 0.15) is 11.1 Å². The molecule has 0 bridgehead atoms. The van der Waals surface area contributed by atoms with Crippen molar-refractivity contribution < 1.29 is 0 Å². The fourth-order valence-corrected chi connectivity index (χ4v) is 2.47. The number of halogens is 1. The normalized spacial score (nSPS) is 10.5. The van der Waals surface area contributed by atoms with Crippen molar-refractivity contribution in [1.82, 2.24) is 4.98 Å². The van der Waals surface area contributed by atoms with Gasteiger partial charge in [0.15, 0.2) is 0 Å². The van der Waals surface area contributed by atoms with Crippen LogP contribution in [0.25, 0.3) is 10.6 Å². The summed E-state index contributed by atoms with van der Waals surface area (Å²) in [5, 5.41) is 1.07. The van der Waals surface area contributed by atoms with E-state index in [1.165, 1.54) is 16.7 Å². The summed E-state index contributed by atoms with van der Waals surface area (Å²) in [6.45, 7) is 4.25. The molecule has 0 aliphatic rings. The highest BCUT2D eigenvalue weighted by atomic mass is 79.9. The smallest absolute Gasteiger partial charge is 0.124 e. The summed E-state index contributed by atoms with van der Waals surface area (Å²) >= 11 is 5.08. The van der Waals surface area contributed by atoms with Crippen molar-refractivity contribution in [2.75, 3.05) is 0 Å². The van der Waals surface area contributed by atoms with E-state index in [1.807, 2.05) is 6.20 Å². The average molecular weight is 268 g/mol. The van der Waals surface area contributed by atoms with E-state index < -0.39 is 0 Å². The van der Waals surface area contributed by atoms with Crippen LogP contribution >= 0.6 is 27.3 Å². The van der Waals surface area contributed by atoms with Crippen LogP contribution < -0.4 is 0 Å². The predicted octanol–water partition coefficient (Wildman–Crippen LogP) is 4.19. The van der Waals surface area contributed by atoms with Gasteiger partial charge in [-0.1, -0.05) is 12.1 Å². The standard InChI is InChI=1S/C11H10BrNS/c1-7-3-4-9(5-8(7)2)11-13-6-10(12)14-11/h3-6H,1-2H3. The second-order valence-corrected chi connectivity index (χ2v) is 5.68. The molecule has 1 heterocycles. The fourth-order valence-electron chi connectivity index (χ4n) is 1.26. The molecule has 0 radical (unpaired) electrons. The van der Waals surface area contributed by atoms with Gasteiger partial charge in [0.2, 0.25) is 0 Å². The van der Waals surface area contributed by atoms with E-state index in [0.717, 1.165) is 8.79 Å². The highest BCUT2D eigenvalue weighted by Gasteiger charge is 2.03. The Hall–Kier alpha value is -0.670. The molecule has 1 nitrogen and oxygen atoms in total. The molecule has 1 aromatic heterocycles. The summed E-state index contributed by atoms with van der Waals surface area (Å²) in [4.78, 5) is 4.33. The molecular weight excluding hydrogens is 258 g/mol. The predicted molar refractivity (Wildman–Crippen MR) is 64.7 cm³/mol. The van der Waals surface area contributed by atoms with Crippen molar-refractivity contribution in [2.45, 2.75) is 13.8 Å². The summed E-state index contributed by atoms with van der Waals surface area (Å²) in [6.07, 6.45) is 1.84. The van der Waals surface area contributed by atoms with Crippen molar-refractivity contribution >= 4 is 27.3 Å². The molecule has 0 unspecified atom stereocenters. The number of aryl methyl sites for hydroxylation is 2. The average Bonchev–Trinajstić information content (AvgIpc) is 2.57. The number of hydrogen-bond acceptors (Lipinski definition) is 2. The molecule has 3 heteroatoms. The summed E-state index contributed by atoms with van der Waals surface area (Å²) < 4.78 is 1.07. The number of thiazole rings is 1. The SMILES string of the molecule is Cc1ccc(-c2ncc(Br)s2)cc1C. The Labute approximate surface area is 95.9 Å². The highest BCUT2D eigenvalue weighted by Crippen LogP contribution is 2.29. The van der Waals surface area contributed by atoms with Crippen LogP contribution in [-0.4, -0.2) is 4.98 Å². The Morgan fingerprint density at radius 2 is 2.00 bits per heavy atom. The second-order valence-electron chi connectivity index (χ2n) is 3.27. The zero-order chi connectivity index (χ0) is 10.1. The third-order valence-corrected chi connectivity index (χ3v) is 3.76. The maximum Gasteiger partial charge on any atom is 0.124 e. The molecular formula is C11H10BrNS. The van der Waals surface area contributed by atoms with Crippen molar-refractivity contribution in [2.24, 2.45) is 0 Å². The zero-order valence-electron chi connectivity index (χ0n) is 8.04. The number of hydrogen-bond donors (Lipinski definition) is 0. The van der Waals surface area contributed by atoms with Gasteiger partial charge in [0, 0.05) is 5.56 Å². The van der Waals surface area contributed by atoms with Crippen LogP contribution in [0.3, 0.4) is 0 Å². The number of nitrogens with zero attached hydrogens (tertiary/aromatic N) is 1. The van der Waals surface area contributed by atoms with E-state index in [2.05, 4.69) is 53.0 Å². The lowest BCUT2D eigenvalue weighted by Gasteiger charge is -2.01. The lowest BCUT2D eigenvalue weighted by Crippen LogP contribution is -1.82. The Morgan fingerprint density at radius 3 is 2.57 bits per heavy atom. The van der Waals surface area contributed by atoms with E-state index in [-0.39, 0.29) is 0 Å². The Morgan fingerprint density at radius 1 is 1.21 bits per heavy atom. The first-order chi connectivity index (χ1) is 6.66. The molecule has 0 N–H and O–H groups in total. The van der Waals surface area contributed by atoms with Crippen LogP contribution in [0.4, 0.5) is 0 Å². The number of rotatable bonds is 1. The largest absolute Gasteiger partial charge is 0.243 e. The summed E-state index contributed by atoms with van der Waals surface area (Å²) in [5.41, 5.74) is 3.84. The molecule has 0 saturated carbocycles. The Balaban J connectivity index is 2.47. The lowest BCUT2D eigenvalue weighted by molar-refractivity contribution is 1.33. The summed E-state index contributed by atoms with van der Waals surface area (Å²) in [7, 11) is 0. The van der Waals surface area contributed by atoms with Gasteiger partial charge in [-0.2, -0.15) is 0 Å². The highest BCUT2D eigenvalue weighted by molar-refractivity contribution is 9.11. The minimum Gasteiger partial charge on any atom is -0.243 e. The first-order valence-electron chi connectivity index (χ1n) is 4.36. The molecule has 0 fully saturated rings. The molecule has 14 heavy (non-hydrogen) atoms. The van der Waals surface area contributed by atoms with E-state index in [9.17, 15) is 0 Å². The van der Waals surface area contributed by atoms with Gasteiger partial charge in [-0.3, -0.25) is 0 Å². The van der Waals surface area contributed by atoms with E-state index in [4.69, 9.17) is 0 Å². The van der Waals surface area contributed by atoms with Crippen LogP contribution in [0.2, 0.25) is 0 Å². The van der Waals surface area contributed by atoms with Crippen molar-refractivity contribution in [1.29, 1.82) is 0 Å².